The van der Waals surface area contributed by atoms with Crippen molar-refractivity contribution < 1.29 is 18.7 Å². The molecule has 1 N–H and O–H groups in total. The molecule has 0 radical (unpaired) electrons. The Morgan fingerprint density at radius 3 is 2.83 bits per heavy atom. The van der Waals surface area contributed by atoms with Crippen molar-refractivity contribution in [3.63, 3.8) is 0 Å². The lowest BCUT2D eigenvalue weighted by molar-refractivity contribution is -0.140. The largest absolute Gasteiger partial charge is 0.468 e. The zero-order chi connectivity index (χ0) is 13.7. The minimum Gasteiger partial charge on any atom is -0.468 e. The fourth-order valence-corrected chi connectivity index (χ4v) is 1.75. The molecule has 1 aromatic rings. The number of halogens is 3. The number of hydrogen-bond acceptors (Lipinski definition) is 3. The maximum absolute atomic E-state index is 13.0. The summed E-state index contributed by atoms with van der Waals surface area (Å²) in [5.74, 6) is -1.70. The van der Waals surface area contributed by atoms with E-state index in [0.717, 1.165) is 6.07 Å². The monoisotopic (exact) mass is 337 g/mol. The molecule has 1 aromatic carbocycles. The van der Waals surface area contributed by atoms with Crippen LogP contribution in [0.1, 0.15) is 10.4 Å². The number of hydrogen-bond donors (Lipinski definition) is 1. The van der Waals surface area contributed by atoms with Gasteiger partial charge in [0.1, 0.15) is 11.2 Å². The van der Waals surface area contributed by atoms with E-state index >= 15 is 0 Å². The molecule has 0 fully saturated rings. The number of methoxy groups -OCH3 is 1. The zero-order valence-corrected chi connectivity index (χ0v) is 11.7. The minimum atomic E-state index is -0.980. The molecule has 4 nitrogen and oxygen atoms in total. The van der Waals surface area contributed by atoms with Crippen LogP contribution in [0.15, 0.2) is 22.7 Å². The van der Waals surface area contributed by atoms with E-state index < -0.39 is 23.1 Å². The number of carbonyl (C=O) groups is 2. The Hall–Kier alpha value is -1.14. The molecule has 1 atom stereocenters. The summed E-state index contributed by atoms with van der Waals surface area (Å²) in [6.45, 7) is -0.101. The fourth-order valence-electron chi connectivity index (χ4n) is 1.16. The van der Waals surface area contributed by atoms with E-state index in [9.17, 15) is 14.0 Å². The number of rotatable bonds is 4. The van der Waals surface area contributed by atoms with E-state index in [1.54, 1.807) is 0 Å². The molecule has 1 unspecified atom stereocenters. The first-order chi connectivity index (χ1) is 8.45. The molecule has 1 amide bonds. The third-order valence-electron chi connectivity index (χ3n) is 2.07. The highest BCUT2D eigenvalue weighted by Crippen LogP contribution is 2.17. The molecule has 0 saturated carbocycles. The van der Waals surface area contributed by atoms with Gasteiger partial charge in [0, 0.05) is 11.0 Å². The quantitative estimate of drug-likeness (QED) is 0.676. The highest BCUT2D eigenvalue weighted by atomic mass is 79.9. The normalized spacial score (nSPS) is 11.8. The van der Waals surface area contributed by atoms with Crippen LogP contribution in [-0.2, 0) is 9.53 Å². The Morgan fingerprint density at radius 2 is 2.22 bits per heavy atom. The van der Waals surface area contributed by atoms with Crippen molar-refractivity contribution in [2.45, 2.75) is 5.38 Å². The summed E-state index contributed by atoms with van der Waals surface area (Å²) in [6, 6.07) is 3.73. The van der Waals surface area contributed by atoms with Crippen LogP contribution in [0.2, 0.25) is 0 Å². The molecule has 7 heteroatoms. The van der Waals surface area contributed by atoms with Gasteiger partial charge in [0.2, 0.25) is 0 Å². The summed E-state index contributed by atoms with van der Waals surface area (Å²) in [6.07, 6.45) is 0. The van der Waals surface area contributed by atoms with E-state index in [0.29, 0.717) is 4.47 Å². The van der Waals surface area contributed by atoms with E-state index in [1.165, 1.54) is 19.2 Å². The Balaban J connectivity index is 2.66. The molecule has 0 bridgehead atoms. The Morgan fingerprint density at radius 1 is 1.56 bits per heavy atom. The van der Waals surface area contributed by atoms with E-state index in [2.05, 4.69) is 26.0 Å². The van der Waals surface area contributed by atoms with Gasteiger partial charge in [-0.1, -0.05) is 0 Å². The number of carbonyl (C=O) groups excluding carboxylic acids is 2. The summed E-state index contributed by atoms with van der Waals surface area (Å²) >= 11 is 8.79. The molecule has 1 rings (SSSR count). The average Bonchev–Trinajstić information content (AvgIpc) is 2.37. The summed E-state index contributed by atoms with van der Waals surface area (Å²) < 4.78 is 17.8. The number of esters is 1. The maximum Gasteiger partial charge on any atom is 0.325 e. The van der Waals surface area contributed by atoms with E-state index in [4.69, 9.17) is 11.6 Å². The van der Waals surface area contributed by atoms with Crippen LogP contribution in [0.25, 0.3) is 0 Å². The first-order valence-corrected chi connectivity index (χ1v) is 6.13. The second kappa shape index (κ2) is 6.70. The van der Waals surface area contributed by atoms with Crippen molar-refractivity contribution in [3.05, 3.63) is 34.1 Å². The minimum absolute atomic E-state index is 0.101. The van der Waals surface area contributed by atoms with E-state index in [1.807, 2.05) is 0 Å². The van der Waals surface area contributed by atoms with Gasteiger partial charge in [-0.3, -0.25) is 9.59 Å². The van der Waals surface area contributed by atoms with Gasteiger partial charge in [0.25, 0.3) is 5.91 Å². The average molecular weight is 339 g/mol. The van der Waals surface area contributed by atoms with Crippen LogP contribution in [-0.4, -0.2) is 30.9 Å². The van der Waals surface area contributed by atoms with Gasteiger partial charge in [0.15, 0.2) is 0 Å². The van der Waals surface area contributed by atoms with Crippen LogP contribution in [0.5, 0.6) is 0 Å². The topological polar surface area (TPSA) is 55.4 Å². The Bertz CT molecular complexity index is 470. The van der Waals surface area contributed by atoms with Crippen molar-refractivity contribution in [1.82, 2.24) is 5.32 Å². The summed E-state index contributed by atoms with van der Waals surface area (Å²) in [5, 5.41) is 1.43. The second-order valence-electron chi connectivity index (χ2n) is 3.32. The van der Waals surface area contributed by atoms with Crippen molar-refractivity contribution in [2.75, 3.05) is 13.7 Å². The highest BCUT2D eigenvalue weighted by molar-refractivity contribution is 9.10. The smallest absolute Gasteiger partial charge is 0.325 e. The zero-order valence-electron chi connectivity index (χ0n) is 9.38. The van der Waals surface area contributed by atoms with Gasteiger partial charge in [-0.15, -0.1) is 11.6 Å². The van der Waals surface area contributed by atoms with Crippen molar-refractivity contribution in [3.8, 4) is 0 Å². The maximum atomic E-state index is 13.0. The van der Waals surface area contributed by atoms with Gasteiger partial charge < -0.3 is 10.1 Å². The molecule has 0 heterocycles. The van der Waals surface area contributed by atoms with Crippen LogP contribution in [0.4, 0.5) is 4.39 Å². The molecule has 98 valence electrons. The van der Waals surface area contributed by atoms with Crippen LogP contribution in [0.3, 0.4) is 0 Å². The predicted octanol–water partition coefficient (Wildman–Crippen LogP) is 2.10. The van der Waals surface area contributed by atoms with Crippen LogP contribution < -0.4 is 5.32 Å². The van der Waals surface area contributed by atoms with Crippen molar-refractivity contribution in [1.29, 1.82) is 0 Å². The molecule has 0 aliphatic rings. The van der Waals surface area contributed by atoms with Crippen molar-refractivity contribution >= 4 is 39.4 Å². The lowest BCUT2D eigenvalue weighted by Crippen LogP contribution is -2.34. The first-order valence-electron chi connectivity index (χ1n) is 4.91. The number of amides is 1. The number of ether oxygens (including phenoxy) is 1. The van der Waals surface area contributed by atoms with Gasteiger partial charge in [-0.05, 0) is 34.1 Å². The van der Waals surface area contributed by atoms with Gasteiger partial charge in [0.05, 0.1) is 12.7 Å². The third-order valence-corrected chi connectivity index (χ3v) is 3.10. The third kappa shape index (κ3) is 3.96. The van der Waals surface area contributed by atoms with Crippen LogP contribution in [0, 0.1) is 5.82 Å². The molecule has 0 aromatic heterocycles. The lowest BCUT2D eigenvalue weighted by Gasteiger charge is -2.10. The first kappa shape index (κ1) is 14.9. The molecular formula is C11H10BrClFNO3. The molecular weight excluding hydrogens is 328 g/mol. The number of alkyl halides is 1. The lowest BCUT2D eigenvalue weighted by atomic mass is 10.2. The highest BCUT2D eigenvalue weighted by Gasteiger charge is 2.18. The SMILES string of the molecule is COC(=O)C(Cl)CNC(=O)c1cc(F)ccc1Br. The van der Waals surface area contributed by atoms with Gasteiger partial charge >= 0.3 is 5.97 Å². The van der Waals surface area contributed by atoms with Crippen molar-refractivity contribution in [2.24, 2.45) is 0 Å². The predicted molar refractivity (Wildman–Crippen MR) is 68.1 cm³/mol. The number of nitrogens with one attached hydrogen (secondary N) is 1. The standard InChI is InChI=1S/C11H10BrClFNO3/c1-18-11(17)9(13)5-15-10(16)7-4-6(14)2-3-8(7)12/h2-4,9H,5H2,1H3,(H,15,16). The molecule has 0 spiro atoms. The van der Waals surface area contributed by atoms with Gasteiger partial charge in [-0.25, -0.2) is 4.39 Å². The summed E-state index contributed by atoms with van der Waals surface area (Å²) in [5.41, 5.74) is 0.128. The molecule has 0 saturated heterocycles. The Kier molecular flexibility index (Phi) is 5.55. The van der Waals surface area contributed by atoms with Crippen LogP contribution >= 0.6 is 27.5 Å². The fraction of sp³-hybridized carbons (Fsp3) is 0.273. The second-order valence-corrected chi connectivity index (χ2v) is 4.71. The van der Waals surface area contributed by atoms with Gasteiger partial charge in [-0.2, -0.15) is 0 Å². The molecule has 0 aliphatic heterocycles. The molecule has 18 heavy (non-hydrogen) atoms. The summed E-state index contributed by atoms with van der Waals surface area (Å²) in [7, 11) is 1.20. The Labute approximate surface area is 117 Å². The molecule has 0 aliphatic carbocycles. The number of benzene rings is 1. The summed E-state index contributed by atoms with van der Waals surface area (Å²) in [4.78, 5) is 22.7. The van der Waals surface area contributed by atoms with E-state index in [-0.39, 0.29) is 12.1 Å².